The first-order valence-electron chi connectivity index (χ1n) is 10.3. The Morgan fingerprint density at radius 3 is 2.84 bits per heavy atom. The summed E-state index contributed by atoms with van der Waals surface area (Å²) in [6, 6.07) is 12.8. The zero-order valence-electron chi connectivity index (χ0n) is 17.6. The van der Waals surface area contributed by atoms with E-state index in [0.29, 0.717) is 17.1 Å². The summed E-state index contributed by atoms with van der Waals surface area (Å²) in [5, 5.41) is 13.1. The molecule has 0 fully saturated rings. The number of benzene rings is 1. The van der Waals surface area contributed by atoms with Crippen LogP contribution in [0.15, 0.2) is 53.5 Å². The zero-order chi connectivity index (χ0) is 22.0. The van der Waals surface area contributed by atoms with E-state index < -0.39 is 12.0 Å². The average Bonchev–Trinajstić information content (AvgIpc) is 3.27. The normalized spacial score (nSPS) is 13.5. The lowest BCUT2D eigenvalue weighted by Gasteiger charge is -2.15. The van der Waals surface area contributed by atoms with Gasteiger partial charge in [-0.15, -0.1) is 0 Å². The van der Waals surface area contributed by atoms with Crippen molar-refractivity contribution in [1.29, 1.82) is 0 Å². The number of hydrogen-bond acceptors (Lipinski definition) is 5. The van der Waals surface area contributed by atoms with Crippen LogP contribution in [0.3, 0.4) is 0 Å². The molecule has 1 unspecified atom stereocenters. The Kier molecular flexibility index (Phi) is 5.86. The lowest BCUT2D eigenvalue weighted by atomic mass is 10.1. The number of nitrogens with one attached hydrogen (secondary N) is 1. The van der Waals surface area contributed by atoms with Gasteiger partial charge in [-0.1, -0.05) is 18.2 Å². The molecule has 7 heteroatoms. The molecule has 1 atom stereocenters. The van der Waals surface area contributed by atoms with E-state index in [4.69, 9.17) is 4.74 Å². The highest BCUT2D eigenvalue weighted by Gasteiger charge is 2.21. The topological polar surface area (TPSA) is 93.5 Å². The fourth-order valence-corrected chi connectivity index (χ4v) is 4.03. The summed E-state index contributed by atoms with van der Waals surface area (Å²) >= 11 is 0. The van der Waals surface area contributed by atoms with Crippen LogP contribution in [-0.4, -0.2) is 34.2 Å². The lowest BCUT2D eigenvalue weighted by Crippen LogP contribution is -2.35. The molecule has 1 aliphatic rings. The highest BCUT2D eigenvalue weighted by atomic mass is 16.5. The first kappa shape index (κ1) is 20.8. The maximum Gasteiger partial charge on any atom is 0.268 e. The van der Waals surface area contributed by atoms with Crippen LogP contribution in [0.25, 0.3) is 5.69 Å². The molecule has 7 nitrogen and oxygen atoms in total. The number of aryl methyl sites for hydroxylation is 2. The SMILES string of the molecule is COc1cccc(C(O)CNC(=O)c2c(C)ccn(-c3cccc4c3CCC4)c2=O)n1. The largest absolute Gasteiger partial charge is 0.481 e. The third kappa shape index (κ3) is 4.09. The molecule has 1 aliphatic carbocycles. The summed E-state index contributed by atoms with van der Waals surface area (Å²) in [5.41, 5.74) is 3.91. The van der Waals surface area contributed by atoms with Crippen LogP contribution >= 0.6 is 0 Å². The Bertz CT molecular complexity index is 1190. The van der Waals surface area contributed by atoms with Crippen molar-refractivity contribution in [3.63, 3.8) is 0 Å². The van der Waals surface area contributed by atoms with Gasteiger partial charge in [0.05, 0.1) is 18.5 Å². The van der Waals surface area contributed by atoms with Crippen molar-refractivity contribution in [2.75, 3.05) is 13.7 Å². The molecule has 2 heterocycles. The minimum Gasteiger partial charge on any atom is -0.481 e. The average molecular weight is 419 g/mol. The summed E-state index contributed by atoms with van der Waals surface area (Å²) in [6.45, 7) is 1.66. The highest BCUT2D eigenvalue weighted by molar-refractivity contribution is 5.95. The molecular formula is C24H25N3O4. The summed E-state index contributed by atoms with van der Waals surface area (Å²) in [4.78, 5) is 30.3. The van der Waals surface area contributed by atoms with Crippen molar-refractivity contribution >= 4 is 5.91 Å². The van der Waals surface area contributed by atoms with Gasteiger partial charge in [0, 0.05) is 18.8 Å². The summed E-state index contributed by atoms with van der Waals surface area (Å²) in [5.74, 6) is -0.147. The van der Waals surface area contributed by atoms with E-state index in [1.807, 2.05) is 12.1 Å². The van der Waals surface area contributed by atoms with Crippen LogP contribution in [0, 0.1) is 6.92 Å². The van der Waals surface area contributed by atoms with Crippen LogP contribution in [0.4, 0.5) is 0 Å². The van der Waals surface area contributed by atoms with E-state index in [-0.39, 0.29) is 17.7 Å². The Hall–Kier alpha value is -3.45. The van der Waals surface area contributed by atoms with E-state index in [1.54, 1.807) is 42.0 Å². The molecule has 2 N–H and O–H groups in total. The minimum atomic E-state index is -1.03. The Morgan fingerprint density at radius 2 is 2.03 bits per heavy atom. The molecule has 1 aromatic carbocycles. The number of rotatable bonds is 6. The van der Waals surface area contributed by atoms with Gasteiger partial charge in [0.15, 0.2) is 0 Å². The quantitative estimate of drug-likeness (QED) is 0.640. The van der Waals surface area contributed by atoms with Crippen molar-refractivity contribution in [3.8, 4) is 11.6 Å². The number of carbonyl (C=O) groups excluding carboxylic acids is 1. The number of hydrogen-bond donors (Lipinski definition) is 2. The van der Waals surface area contributed by atoms with Gasteiger partial charge in [-0.05, 0) is 61.1 Å². The molecule has 0 spiro atoms. The summed E-state index contributed by atoms with van der Waals surface area (Å²) in [7, 11) is 1.49. The van der Waals surface area contributed by atoms with Crippen LogP contribution in [0.2, 0.25) is 0 Å². The van der Waals surface area contributed by atoms with Crippen LogP contribution in [0.5, 0.6) is 5.88 Å². The second kappa shape index (κ2) is 8.73. The number of ether oxygens (including phenoxy) is 1. The van der Waals surface area contributed by atoms with E-state index in [9.17, 15) is 14.7 Å². The predicted octanol–water partition coefficient (Wildman–Crippen LogP) is 2.50. The first-order valence-corrected chi connectivity index (χ1v) is 10.3. The monoisotopic (exact) mass is 419 g/mol. The van der Waals surface area contributed by atoms with Gasteiger partial charge in [-0.25, -0.2) is 4.98 Å². The van der Waals surface area contributed by atoms with E-state index in [1.165, 1.54) is 18.2 Å². The maximum absolute atomic E-state index is 13.2. The highest BCUT2D eigenvalue weighted by Crippen LogP contribution is 2.27. The molecule has 0 saturated heterocycles. The number of amides is 1. The smallest absolute Gasteiger partial charge is 0.268 e. The number of aromatic nitrogens is 2. The molecule has 2 aromatic heterocycles. The fourth-order valence-electron chi connectivity index (χ4n) is 4.03. The molecular weight excluding hydrogens is 394 g/mol. The molecule has 1 amide bonds. The number of nitrogens with zero attached hydrogens (tertiary/aromatic N) is 2. The standard InChI is InChI=1S/C24H25N3O4/c1-15-12-13-27(19-10-4-7-16-6-3-8-17(16)19)24(30)22(15)23(29)25-14-20(28)18-9-5-11-21(26-18)31-2/h4-5,7,9-13,20,28H,3,6,8,14H2,1-2H3,(H,25,29). The number of methoxy groups -OCH3 is 1. The summed E-state index contributed by atoms with van der Waals surface area (Å²) < 4.78 is 6.61. The van der Waals surface area contributed by atoms with Gasteiger partial charge in [-0.2, -0.15) is 0 Å². The molecule has 0 saturated carbocycles. The van der Waals surface area contributed by atoms with Gasteiger partial charge in [0.1, 0.15) is 11.7 Å². The molecule has 4 rings (SSSR count). The first-order chi connectivity index (χ1) is 15.0. The van der Waals surface area contributed by atoms with Gasteiger partial charge in [0.2, 0.25) is 5.88 Å². The van der Waals surface area contributed by atoms with Gasteiger partial charge in [-0.3, -0.25) is 14.2 Å². The van der Waals surface area contributed by atoms with Gasteiger partial charge in [0.25, 0.3) is 11.5 Å². The number of carbonyl (C=O) groups is 1. The second-order valence-electron chi connectivity index (χ2n) is 7.65. The Balaban J connectivity index is 1.58. The number of pyridine rings is 2. The van der Waals surface area contributed by atoms with Gasteiger partial charge >= 0.3 is 0 Å². The van der Waals surface area contributed by atoms with Crippen molar-refractivity contribution < 1.29 is 14.6 Å². The van der Waals surface area contributed by atoms with Crippen LogP contribution in [-0.2, 0) is 12.8 Å². The van der Waals surface area contributed by atoms with E-state index in [2.05, 4.69) is 16.4 Å². The molecule has 160 valence electrons. The van der Waals surface area contributed by atoms with E-state index >= 15 is 0 Å². The van der Waals surface area contributed by atoms with Crippen molar-refractivity contribution in [2.45, 2.75) is 32.3 Å². The lowest BCUT2D eigenvalue weighted by molar-refractivity contribution is 0.0911. The van der Waals surface area contributed by atoms with Gasteiger partial charge < -0.3 is 15.2 Å². The summed E-state index contributed by atoms with van der Waals surface area (Å²) in [6.07, 6.45) is 3.69. The van der Waals surface area contributed by atoms with Crippen molar-refractivity contribution in [1.82, 2.24) is 14.9 Å². The molecule has 0 aliphatic heterocycles. The Labute approximate surface area is 180 Å². The number of aliphatic hydroxyl groups excluding tert-OH is 1. The number of fused-ring (bicyclic) bond motifs is 1. The predicted molar refractivity (Wildman–Crippen MR) is 117 cm³/mol. The van der Waals surface area contributed by atoms with E-state index in [0.717, 1.165) is 24.9 Å². The van der Waals surface area contributed by atoms with Crippen LogP contribution in [0.1, 0.15) is 45.3 Å². The zero-order valence-corrected chi connectivity index (χ0v) is 17.6. The van der Waals surface area contributed by atoms with Crippen molar-refractivity contribution in [3.05, 3.63) is 87.0 Å². The number of aliphatic hydroxyl groups is 1. The minimum absolute atomic E-state index is 0.0731. The van der Waals surface area contributed by atoms with Crippen molar-refractivity contribution in [2.24, 2.45) is 0 Å². The van der Waals surface area contributed by atoms with Crippen LogP contribution < -0.4 is 15.6 Å². The molecule has 0 bridgehead atoms. The fraction of sp³-hybridized carbons (Fsp3) is 0.292. The molecule has 31 heavy (non-hydrogen) atoms. The third-order valence-electron chi connectivity index (χ3n) is 5.66. The Morgan fingerprint density at radius 1 is 1.23 bits per heavy atom. The molecule has 0 radical (unpaired) electrons. The molecule has 3 aromatic rings. The third-order valence-corrected chi connectivity index (χ3v) is 5.66. The second-order valence-corrected chi connectivity index (χ2v) is 7.65. The maximum atomic E-state index is 13.2.